The van der Waals surface area contributed by atoms with Gasteiger partial charge in [-0.15, -0.1) is 0 Å². The Balaban J connectivity index is 1.14. The highest BCUT2D eigenvalue weighted by molar-refractivity contribution is 7.88. The topological polar surface area (TPSA) is 65.1 Å². The Morgan fingerprint density at radius 3 is 2.14 bits per heavy atom. The number of piperidine rings is 1. The molecule has 0 radical (unpaired) electrons. The molecule has 158 valence electrons. The van der Waals surface area contributed by atoms with Crippen LogP contribution in [-0.4, -0.2) is 37.4 Å². The van der Waals surface area contributed by atoms with Gasteiger partial charge in [-0.2, -0.15) is 9.78 Å². The van der Waals surface area contributed by atoms with Gasteiger partial charge in [0.2, 0.25) is 21.6 Å². The molecule has 4 bridgehead atoms. The summed E-state index contributed by atoms with van der Waals surface area (Å²) in [6, 6.07) is 9.36. The summed E-state index contributed by atoms with van der Waals surface area (Å²) in [5, 5.41) is 0. The third-order valence-corrected chi connectivity index (χ3v) is 9.87. The van der Waals surface area contributed by atoms with Crippen molar-refractivity contribution in [3.63, 3.8) is 0 Å². The molecule has 0 N–H and O–H groups in total. The average Bonchev–Trinajstić information content (AvgIpc) is 3.06. The Bertz CT molecular complexity index is 850. The van der Waals surface area contributed by atoms with E-state index in [-0.39, 0.29) is 5.75 Å². The molecule has 1 aromatic carbocycles. The molecule has 29 heavy (non-hydrogen) atoms. The Hall–Kier alpha value is -0.990. The van der Waals surface area contributed by atoms with Crippen LogP contribution in [0.15, 0.2) is 30.3 Å². The van der Waals surface area contributed by atoms with Crippen LogP contribution in [0.3, 0.4) is 0 Å². The molecule has 4 saturated carbocycles. The predicted molar refractivity (Wildman–Crippen MR) is 106 cm³/mol. The lowest BCUT2D eigenvalue weighted by Crippen LogP contribution is -2.59. The van der Waals surface area contributed by atoms with Crippen LogP contribution in [0.1, 0.15) is 50.5 Å². The van der Waals surface area contributed by atoms with E-state index in [1.165, 1.54) is 32.1 Å². The van der Waals surface area contributed by atoms with Crippen LogP contribution in [0.2, 0.25) is 0 Å². The van der Waals surface area contributed by atoms with Crippen molar-refractivity contribution in [3.05, 3.63) is 35.9 Å². The van der Waals surface area contributed by atoms with Crippen molar-refractivity contribution in [3.8, 4) is 0 Å². The summed E-state index contributed by atoms with van der Waals surface area (Å²) < 4.78 is 34.0. The maximum Gasteiger partial charge on any atom is 0.218 e. The van der Waals surface area contributed by atoms with Crippen LogP contribution in [0.5, 0.6) is 0 Å². The molecule has 2 saturated heterocycles. The zero-order chi connectivity index (χ0) is 19.7. The van der Waals surface area contributed by atoms with Gasteiger partial charge in [0, 0.05) is 37.8 Å². The third kappa shape index (κ3) is 3.00. The standard InChI is InChI=1S/C22H29NO5S/c24-29(25,15-16-4-2-1-3-5-16)23-8-6-21(7-9-23)26-22(28-27-21)19-11-17-10-18(13-19)14-20(22)12-17/h1-5,17-20H,6-15H2. The van der Waals surface area contributed by atoms with E-state index in [0.29, 0.717) is 37.8 Å². The van der Waals surface area contributed by atoms with Crippen LogP contribution in [0.4, 0.5) is 0 Å². The van der Waals surface area contributed by atoms with Crippen LogP contribution >= 0.6 is 0 Å². The Morgan fingerprint density at radius 1 is 0.897 bits per heavy atom. The first-order valence-corrected chi connectivity index (χ1v) is 12.7. The summed E-state index contributed by atoms with van der Waals surface area (Å²) in [5.41, 5.74) is 0.817. The van der Waals surface area contributed by atoms with Gasteiger partial charge in [0.1, 0.15) is 0 Å². The van der Waals surface area contributed by atoms with E-state index >= 15 is 0 Å². The summed E-state index contributed by atoms with van der Waals surface area (Å²) in [7, 11) is -3.35. The number of nitrogens with zero attached hydrogens (tertiary/aromatic N) is 1. The fourth-order valence-corrected chi connectivity index (χ4v) is 8.31. The van der Waals surface area contributed by atoms with Crippen LogP contribution in [-0.2, 0) is 30.3 Å². The molecule has 7 heteroatoms. The van der Waals surface area contributed by atoms with Crippen LogP contribution < -0.4 is 0 Å². The minimum atomic E-state index is -3.35. The molecule has 6 nitrogen and oxygen atoms in total. The average molecular weight is 420 g/mol. The van der Waals surface area contributed by atoms with E-state index in [4.69, 9.17) is 14.5 Å². The number of sulfonamides is 1. The van der Waals surface area contributed by atoms with Crippen molar-refractivity contribution < 1.29 is 22.9 Å². The molecule has 1 aromatic rings. The highest BCUT2D eigenvalue weighted by Gasteiger charge is 2.66. The fourth-order valence-electron chi connectivity index (χ4n) is 6.78. The first kappa shape index (κ1) is 18.8. The molecule has 2 spiro atoms. The monoisotopic (exact) mass is 419 g/mol. The SMILES string of the molecule is O=S(=O)(Cc1ccccc1)N1CCC2(CC1)OOC1(O2)C2CC3CC(C2)CC1C3. The van der Waals surface area contributed by atoms with Crippen LogP contribution in [0, 0.1) is 23.7 Å². The van der Waals surface area contributed by atoms with E-state index < -0.39 is 21.6 Å². The van der Waals surface area contributed by atoms with Gasteiger partial charge in [0.15, 0.2) is 0 Å². The number of hydrogen-bond donors (Lipinski definition) is 0. The van der Waals surface area contributed by atoms with Gasteiger partial charge in [0.25, 0.3) is 0 Å². The van der Waals surface area contributed by atoms with Crippen molar-refractivity contribution in [2.45, 2.75) is 62.3 Å². The smallest absolute Gasteiger partial charge is 0.218 e. The fraction of sp³-hybridized carbons (Fsp3) is 0.727. The van der Waals surface area contributed by atoms with Gasteiger partial charge in [-0.3, -0.25) is 0 Å². The Labute approximate surface area is 172 Å². The maximum absolute atomic E-state index is 12.9. The molecule has 0 aromatic heterocycles. The highest BCUT2D eigenvalue weighted by Crippen LogP contribution is 2.63. The summed E-state index contributed by atoms with van der Waals surface area (Å²) in [4.78, 5) is 11.9. The number of rotatable bonds is 3. The maximum atomic E-state index is 12.9. The number of hydrogen-bond acceptors (Lipinski definition) is 5. The molecule has 0 unspecified atom stereocenters. The Morgan fingerprint density at radius 2 is 1.52 bits per heavy atom. The van der Waals surface area contributed by atoms with Gasteiger partial charge in [-0.25, -0.2) is 12.7 Å². The first-order valence-electron chi connectivity index (χ1n) is 11.1. The first-order chi connectivity index (χ1) is 14.0. The van der Waals surface area contributed by atoms with E-state index in [2.05, 4.69) is 0 Å². The zero-order valence-corrected chi connectivity index (χ0v) is 17.5. The second-order valence-electron chi connectivity index (χ2n) is 9.85. The van der Waals surface area contributed by atoms with Crippen LogP contribution in [0.25, 0.3) is 0 Å². The lowest BCUT2D eigenvalue weighted by atomic mass is 9.53. The molecule has 6 fully saturated rings. The molecule has 0 atom stereocenters. The molecule has 7 rings (SSSR count). The number of benzene rings is 1. The van der Waals surface area contributed by atoms with Crippen molar-refractivity contribution >= 4 is 10.0 Å². The van der Waals surface area contributed by atoms with Gasteiger partial charge in [0.05, 0.1) is 5.75 Å². The molecule has 2 aliphatic heterocycles. The summed E-state index contributed by atoms with van der Waals surface area (Å²) in [5.74, 6) is 1.19. The number of ether oxygens (including phenoxy) is 1. The summed E-state index contributed by atoms with van der Waals surface area (Å²) >= 11 is 0. The zero-order valence-electron chi connectivity index (χ0n) is 16.7. The lowest BCUT2D eigenvalue weighted by molar-refractivity contribution is -0.390. The predicted octanol–water partition coefficient (Wildman–Crippen LogP) is 3.44. The van der Waals surface area contributed by atoms with Crippen molar-refractivity contribution in [2.24, 2.45) is 23.7 Å². The van der Waals surface area contributed by atoms with Crippen molar-refractivity contribution in [1.82, 2.24) is 4.31 Å². The van der Waals surface area contributed by atoms with E-state index in [0.717, 1.165) is 17.4 Å². The lowest BCUT2D eigenvalue weighted by Gasteiger charge is -2.57. The quantitative estimate of drug-likeness (QED) is 0.702. The highest BCUT2D eigenvalue weighted by atomic mass is 32.2. The molecule has 4 aliphatic carbocycles. The second kappa shape index (κ2) is 6.50. The van der Waals surface area contributed by atoms with Gasteiger partial charge >= 0.3 is 0 Å². The molecule has 0 amide bonds. The van der Waals surface area contributed by atoms with E-state index in [1.807, 2.05) is 30.3 Å². The largest absolute Gasteiger partial charge is 0.312 e. The normalized spacial score (nSPS) is 40.8. The summed E-state index contributed by atoms with van der Waals surface area (Å²) in [6.45, 7) is 0.824. The Kier molecular flexibility index (Phi) is 4.20. The minimum Gasteiger partial charge on any atom is -0.312 e. The molecular weight excluding hydrogens is 390 g/mol. The third-order valence-electron chi connectivity index (χ3n) is 8.01. The molecule has 2 heterocycles. The van der Waals surface area contributed by atoms with Crippen molar-refractivity contribution in [1.29, 1.82) is 0 Å². The molecular formula is C22H29NO5S. The van der Waals surface area contributed by atoms with Crippen molar-refractivity contribution in [2.75, 3.05) is 13.1 Å². The van der Waals surface area contributed by atoms with Gasteiger partial charge in [-0.05, 0) is 49.5 Å². The second-order valence-corrected chi connectivity index (χ2v) is 11.8. The molecule has 6 aliphatic rings. The minimum absolute atomic E-state index is 0.0376. The van der Waals surface area contributed by atoms with Gasteiger partial charge in [-0.1, -0.05) is 30.3 Å². The summed E-state index contributed by atoms with van der Waals surface area (Å²) in [6.07, 6.45) is 7.16. The van der Waals surface area contributed by atoms with Gasteiger partial charge < -0.3 is 4.74 Å². The van der Waals surface area contributed by atoms with E-state index in [9.17, 15) is 8.42 Å². The van der Waals surface area contributed by atoms with E-state index in [1.54, 1.807) is 4.31 Å².